The van der Waals surface area contributed by atoms with Gasteiger partial charge in [0.05, 0.1) is 17.7 Å². The molecule has 0 bridgehead atoms. The van der Waals surface area contributed by atoms with Crippen molar-refractivity contribution in [3.8, 4) is 0 Å². The molecule has 0 atom stereocenters. The van der Waals surface area contributed by atoms with Crippen LogP contribution in [-0.4, -0.2) is 37.0 Å². The SMILES string of the molecule is Cl.Cl.NCc1cc(C(=O)N2CCN(c3cccc(C(F)(F)F)c3)CC2)co1. The fraction of sp³-hybridized carbons (Fsp3) is 0.353. The predicted molar refractivity (Wildman–Crippen MR) is 101 cm³/mol. The van der Waals surface area contributed by atoms with E-state index in [-0.39, 0.29) is 37.3 Å². The first-order chi connectivity index (χ1) is 11.9. The Hall–Kier alpha value is -1.90. The van der Waals surface area contributed by atoms with Crippen LogP contribution >= 0.6 is 24.8 Å². The highest BCUT2D eigenvalue weighted by molar-refractivity contribution is 5.94. The third kappa shape index (κ3) is 5.31. The Morgan fingerprint density at radius 1 is 1.11 bits per heavy atom. The number of nitrogens with two attached hydrogens (primary N) is 1. The van der Waals surface area contributed by atoms with Crippen LogP contribution in [0, 0.1) is 0 Å². The summed E-state index contributed by atoms with van der Waals surface area (Å²) in [5.41, 5.74) is 5.74. The molecule has 0 unspecified atom stereocenters. The summed E-state index contributed by atoms with van der Waals surface area (Å²) in [6.07, 6.45) is -2.99. The highest BCUT2D eigenvalue weighted by Crippen LogP contribution is 2.31. The molecular formula is C17H20Cl2F3N3O2. The Bertz CT molecular complexity index is 760. The molecule has 2 N–H and O–H groups in total. The monoisotopic (exact) mass is 425 g/mol. The number of anilines is 1. The van der Waals surface area contributed by atoms with Crippen molar-refractivity contribution in [2.24, 2.45) is 5.73 Å². The fourth-order valence-electron chi connectivity index (χ4n) is 2.83. The number of hydrogen-bond acceptors (Lipinski definition) is 4. The number of alkyl halides is 3. The molecule has 2 heterocycles. The minimum atomic E-state index is -4.37. The van der Waals surface area contributed by atoms with Crippen molar-refractivity contribution in [3.05, 3.63) is 53.5 Å². The zero-order valence-electron chi connectivity index (χ0n) is 14.2. The lowest BCUT2D eigenvalue weighted by atomic mass is 10.1. The highest BCUT2D eigenvalue weighted by Gasteiger charge is 2.31. The summed E-state index contributed by atoms with van der Waals surface area (Å²) in [5.74, 6) is 0.373. The van der Waals surface area contributed by atoms with Crippen LogP contribution in [0.15, 0.2) is 41.0 Å². The van der Waals surface area contributed by atoms with E-state index in [1.807, 2.05) is 4.90 Å². The van der Waals surface area contributed by atoms with Gasteiger partial charge in [-0.1, -0.05) is 6.07 Å². The summed E-state index contributed by atoms with van der Waals surface area (Å²) < 4.78 is 43.7. The summed E-state index contributed by atoms with van der Waals surface area (Å²) in [7, 11) is 0. The molecular weight excluding hydrogens is 406 g/mol. The molecule has 0 spiro atoms. The van der Waals surface area contributed by atoms with Crippen molar-refractivity contribution in [1.82, 2.24) is 4.90 Å². The Morgan fingerprint density at radius 3 is 2.33 bits per heavy atom. The summed E-state index contributed by atoms with van der Waals surface area (Å²) in [6.45, 7) is 2.01. The molecule has 0 radical (unpaired) electrons. The molecule has 0 saturated carbocycles. The third-order valence-electron chi connectivity index (χ3n) is 4.21. The Kier molecular flexibility index (Phi) is 8.01. The van der Waals surface area contributed by atoms with Crippen molar-refractivity contribution in [2.45, 2.75) is 12.7 Å². The van der Waals surface area contributed by atoms with E-state index < -0.39 is 11.7 Å². The maximum Gasteiger partial charge on any atom is 0.416 e. The van der Waals surface area contributed by atoms with E-state index in [0.717, 1.165) is 12.1 Å². The van der Waals surface area contributed by atoms with Crippen LogP contribution in [0.2, 0.25) is 0 Å². The summed E-state index contributed by atoms with van der Waals surface area (Å²) in [4.78, 5) is 15.9. The van der Waals surface area contributed by atoms with Crippen molar-refractivity contribution in [1.29, 1.82) is 0 Å². The molecule has 1 aromatic heterocycles. The zero-order valence-corrected chi connectivity index (χ0v) is 15.9. The molecule has 3 rings (SSSR count). The normalized spacial score (nSPS) is 14.4. The summed E-state index contributed by atoms with van der Waals surface area (Å²) >= 11 is 0. The largest absolute Gasteiger partial charge is 0.467 e. The van der Waals surface area contributed by atoms with Crippen LogP contribution < -0.4 is 10.6 Å². The second-order valence-corrected chi connectivity index (χ2v) is 5.83. The van der Waals surface area contributed by atoms with E-state index in [1.165, 1.54) is 12.3 Å². The maximum absolute atomic E-state index is 12.8. The van der Waals surface area contributed by atoms with Gasteiger partial charge in [0, 0.05) is 31.9 Å². The van der Waals surface area contributed by atoms with Gasteiger partial charge in [-0.2, -0.15) is 13.2 Å². The molecule has 1 aromatic carbocycles. The van der Waals surface area contributed by atoms with E-state index in [9.17, 15) is 18.0 Å². The van der Waals surface area contributed by atoms with E-state index in [1.54, 1.807) is 17.0 Å². The average Bonchev–Trinajstić information content (AvgIpc) is 3.10. The molecule has 5 nitrogen and oxygen atoms in total. The van der Waals surface area contributed by atoms with Gasteiger partial charge in [0.2, 0.25) is 0 Å². The number of carbonyl (C=O) groups is 1. The van der Waals surface area contributed by atoms with Gasteiger partial charge in [-0.3, -0.25) is 4.79 Å². The maximum atomic E-state index is 12.8. The van der Waals surface area contributed by atoms with Crippen LogP contribution in [0.4, 0.5) is 18.9 Å². The van der Waals surface area contributed by atoms with Gasteiger partial charge in [-0.05, 0) is 24.3 Å². The lowest BCUT2D eigenvalue weighted by Crippen LogP contribution is -2.48. The second-order valence-electron chi connectivity index (χ2n) is 5.83. The molecule has 27 heavy (non-hydrogen) atoms. The fourth-order valence-corrected chi connectivity index (χ4v) is 2.83. The van der Waals surface area contributed by atoms with E-state index in [2.05, 4.69) is 0 Å². The quantitative estimate of drug-likeness (QED) is 0.816. The number of nitrogens with zero attached hydrogens (tertiary/aromatic N) is 2. The lowest BCUT2D eigenvalue weighted by molar-refractivity contribution is -0.137. The molecule has 1 amide bonds. The van der Waals surface area contributed by atoms with Crippen LogP contribution in [0.1, 0.15) is 21.7 Å². The minimum Gasteiger partial charge on any atom is -0.467 e. The van der Waals surface area contributed by atoms with Gasteiger partial charge < -0.3 is 20.0 Å². The zero-order chi connectivity index (χ0) is 18.0. The molecule has 2 aromatic rings. The van der Waals surface area contributed by atoms with Gasteiger partial charge in [0.1, 0.15) is 12.0 Å². The Balaban J connectivity index is 0.00000182. The van der Waals surface area contributed by atoms with Crippen molar-refractivity contribution < 1.29 is 22.4 Å². The topological polar surface area (TPSA) is 62.7 Å². The summed E-state index contributed by atoms with van der Waals surface area (Å²) in [5, 5.41) is 0. The molecule has 1 aliphatic rings. The predicted octanol–water partition coefficient (Wildman–Crippen LogP) is 3.56. The van der Waals surface area contributed by atoms with Gasteiger partial charge >= 0.3 is 6.18 Å². The van der Waals surface area contributed by atoms with E-state index >= 15 is 0 Å². The van der Waals surface area contributed by atoms with Crippen LogP contribution in [-0.2, 0) is 12.7 Å². The highest BCUT2D eigenvalue weighted by atomic mass is 35.5. The van der Waals surface area contributed by atoms with Gasteiger partial charge in [-0.25, -0.2) is 0 Å². The molecule has 0 aliphatic carbocycles. The number of halogens is 5. The minimum absolute atomic E-state index is 0. The number of piperazine rings is 1. The standard InChI is InChI=1S/C17H18F3N3O2.2ClH/c18-17(19,20)13-2-1-3-14(9-13)22-4-6-23(7-5-22)16(24)12-8-15(10-21)25-11-12;;/h1-3,8-9,11H,4-7,10,21H2;2*1H. The molecule has 1 saturated heterocycles. The first-order valence-corrected chi connectivity index (χ1v) is 7.87. The number of furan rings is 1. The Labute approximate surface area is 167 Å². The summed E-state index contributed by atoms with van der Waals surface area (Å²) in [6, 6.07) is 6.85. The van der Waals surface area contributed by atoms with E-state index in [4.69, 9.17) is 10.2 Å². The van der Waals surface area contributed by atoms with Crippen LogP contribution in [0.3, 0.4) is 0 Å². The van der Waals surface area contributed by atoms with Gasteiger partial charge in [0.25, 0.3) is 5.91 Å². The molecule has 150 valence electrons. The molecule has 1 fully saturated rings. The number of amides is 1. The first kappa shape index (κ1) is 23.1. The second kappa shape index (κ2) is 9.34. The smallest absolute Gasteiger partial charge is 0.416 e. The number of carbonyl (C=O) groups excluding carboxylic acids is 1. The first-order valence-electron chi connectivity index (χ1n) is 7.87. The Morgan fingerprint density at radius 2 is 1.78 bits per heavy atom. The number of rotatable bonds is 3. The third-order valence-corrected chi connectivity index (χ3v) is 4.21. The van der Waals surface area contributed by atoms with Crippen molar-refractivity contribution in [2.75, 3.05) is 31.1 Å². The van der Waals surface area contributed by atoms with Crippen LogP contribution in [0.25, 0.3) is 0 Å². The number of benzene rings is 1. The van der Waals surface area contributed by atoms with Crippen molar-refractivity contribution in [3.63, 3.8) is 0 Å². The van der Waals surface area contributed by atoms with Crippen molar-refractivity contribution >= 4 is 36.4 Å². The average molecular weight is 426 g/mol. The van der Waals surface area contributed by atoms with E-state index in [0.29, 0.717) is 43.2 Å². The lowest BCUT2D eigenvalue weighted by Gasteiger charge is -2.36. The molecule has 10 heteroatoms. The van der Waals surface area contributed by atoms with Gasteiger partial charge in [-0.15, -0.1) is 24.8 Å². The van der Waals surface area contributed by atoms with Crippen LogP contribution in [0.5, 0.6) is 0 Å². The van der Waals surface area contributed by atoms with Gasteiger partial charge in [0.15, 0.2) is 0 Å². The number of hydrogen-bond donors (Lipinski definition) is 1. The molecule has 1 aliphatic heterocycles.